The highest BCUT2D eigenvalue weighted by atomic mass is 79.9. The number of aromatic hydroxyl groups is 1. The number of hydrogen-bond donors (Lipinski definition) is 3. The average molecular weight is 433 g/mol. The van der Waals surface area contributed by atoms with Crippen LogP contribution >= 0.6 is 31.9 Å². The Hall–Kier alpha value is -2.20. The fourth-order valence-electron chi connectivity index (χ4n) is 1.69. The zero-order valence-corrected chi connectivity index (χ0v) is 13.8. The van der Waals surface area contributed by atoms with Crippen LogP contribution in [-0.4, -0.2) is 20.0 Å². The van der Waals surface area contributed by atoms with Crippen molar-refractivity contribution in [2.45, 2.75) is 0 Å². The number of phenolic OH excluding ortho intramolecular Hbond substituents is 1. The number of nitro groups is 1. The number of rotatable bonds is 3. The summed E-state index contributed by atoms with van der Waals surface area (Å²) in [5.74, 6) is -0.0886. The highest BCUT2D eigenvalue weighted by molar-refractivity contribution is 9.11. The molecular formula is C12H7Br2N3O5. The Morgan fingerprint density at radius 1 is 1.18 bits per heavy atom. The summed E-state index contributed by atoms with van der Waals surface area (Å²) < 4.78 is 1.07. The van der Waals surface area contributed by atoms with E-state index in [0.717, 1.165) is 0 Å². The highest BCUT2D eigenvalue weighted by Gasteiger charge is 2.19. The molecule has 2 rings (SSSR count). The molecule has 1 aromatic carbocycles. The van der Waals surface area contributed by atoms with Gasteiger partial charge < -0.3 is 10.1 Å². The van der Waals surface area contributed by atoms with E-state index in [1.807, 2.05) is 0 Å². The number of nitrogens with zero attached hydrogens (tertiary/aromatic N) is 1. The number of phenols is 1. The van der Waals surface area contributed by atoms with Crippen molar-refractivity contribution in [1.29, 1.82) is 0 Å². The Balaban J connectivity index is 2.59. The first-order chi connectivity index (χ1) is 10.3. The SMILES string of the molecule is O=c1[nH]c(/C=C/c2cc(Br)cc(Br)c2O)c([N+](=O)[O-])c(=O)[nH]1. The van der Waals surface area contributed by atoms with Crippen LogP contribution in [0.2, 0.25) is 0 Å². The van der Waals surface area contributed by atoms with Crippen LogP contribution in [0, 0.1) is 10.1 Å². The van der Waals surface area contributed by atoms with Crippen LogP contribution in [0.1, 0.15) is 11.3 Å². The Morgan fingerprint density at radius 2 is 1.86 bits per heavy atom. The summed E-state index contributed by atoms with van der Waals surface area (Å²) in [7, 11) is 0. The van der Waals surface area contributed by atoms with Crippen molar-refractivity contribution in [1.82, 2.24) is 9.97 Å². The standard InChI is InChI=1S/C12H7Br2N3O5/c13-6-3-5(10(18)7(14)4-6)1-2-8-9(17(21)22)11(19)16-12(20)15-8/h1-4,18H,(H2,15,16,19,20)/b2-1+. The van der Waals surface area contributed by atoms with E-state index in [9.17, 15) is 24.8 Å². The average Bonchev–Trinajstić information content (AvgIpc) is 2.39. The molecule has 3 N–H and O–H groups in total. The third-order valence-electron chi connectivity index (χ3n) is 2.62. The predicted octanol–water partition coefficient (Wildman–Crippen LogP) is 2.37. The maximum absolute atomic E-state index is 11.5. The molecule has 0 aliphatic heterocycles. The van der Waals surface area contributed by atoms with Gasteiger partial charge in [0.25, 0.3) is 0 Å². The molecular weight excluding hydrogens is 426 g/mol. The Bertz CT molecular complexity index is 901. The minimum atomic E-state index is -1.10. The molecule has 0 aliphatic carbocycles. The largest absolute Gasteiger partial charge is 0.506 e. The van der Waals surface area contributed by atoms with Gasteiger partial charge in [-0.25, -0.2) is 4.79 Å². The molecule has 22 heavy (non-hydrogen) atoms. The second-order valence-corrected chi connectivity index (χ2v) is 5.86. The molecule has 0 radical (unpaired) electrons. The maximum atomic E-state index is 11.5. The molecule has 2 aromatic rings. The zero-order chi connectivity index (χ0) is 16.4. The van der Waals surface area contributed by atoms with Crippen LogP contribution in [0.5, 0.6) is 5.75 Å². The Kier molecular flexibility index (Phi) is 4.62. The van der Waals surface area contributed by atoms with Crippen molar-refractivity contribution >= 4 is 49.7 Å². The van der Waals surface area contributed by atoms with E-state index in [1.54, 1.807) is 17.1 Å². The predicted molar refractivity (Wildman–Crippen MR) is 86.8 cm³/mol. The lowest BCUT2D eigenvalue weighted by atomic mass is 10.1. The van der Waals surface area contributed by atoms with E-state index in [4.69, 9.17) is 0 Å². The summed E-state index contributed by atoms with van der Waals surface area (Å²) >= 11 is 6.39. The van der Waals surface area contributed by atoms with Crippen molar-refractivity contribution in [3.63, 3.8) is 0 Å². The number of benzene rings is 1. The van der Waals surface area contributed by atoms with E-state index in [0.29, 0.717) is 14.5 Å². The Morgan fingerprint density at radius 3 is 2.50 bits per heavy atom. The molecule has 1 heterocycles. The van der Waals surface area contributed by atoms with Gasteiger partial charge in [0.05, 0.1) is 9.40 Å². The molecule has 0 unspecified atom stereocenters. The number of hydrogen-bond acceptors (Lipinski definition) is 5. The fourth-order valence-corrected chi connectivity index (χ4v) is 2.94. The van der Waals surface area contributed by atoms with Crippen LogP contribution in [0.15, 0.2) is 30.7 Å². The second-order valence-electron chi connectivity index (χ2n) is 4.09. The smallest absolute Gasteiger partial charge is 0.357 e. The maximum Gasteiger partial charge on any atom is 0.357 e. The van der Waals surface area contributed by atoms with Crippen molar-refractivity contribution < 1.29 is 10.0 Å². The molecule has 114 valence electrons. The lowest BCUT2D eigenvalue weighted by Gasteiger charge is -2.03. The summed E-state index contributed by atoms with van der Waals surface area (Å²) in [5, 5.41) is 20.8. The highest BCUT2D eigenvalue weighted by Crippen LogP contribution is 2.32. The summed E-state index contributed by atoms with van der Waals surface area (Å²) in [6, 6.07) is 3.18. The van der Waals surface area contributed by atoms with E-state index in [2.05, 4.69) is 36.8 Å². The fraction of sp³-hybridized carbons (Fsp3) is 0. The van der Waals surface area contributed by atoms with E-state index in [-0.39, 0.29) is 11.4 Å². The van der Waals surface area contributed by atoms with Crippen LogP contribution in [0.25, 0.3) is 12.2 Å². The van der Waals surface area contributed by atoms with Gasteiger partial charge in [0.1, 0.15) is 11.4 Å². The van der Waals surface area contributed by atoms with E-state index < -0.39 is 21.9 Å². The third kappa shape index (κ3) is 3.34. The monoisotopic (exact) mass is 431 g/mol. The van der Waals surface area contributed by atoms with Crippen LogP contribution in [-0.2, 0) is 0 Å². The first kappa shape index (κ1) is 16.2. The van der Waals surface area contributed by atoms with E-state index >= 15 is 0 Å². The Labute approximate surface area is 138 Å². The van der Waals surface area contributed by atoms with E-state index in [1.165, 1.54) is 12.2 Å². The quantitative estimate of drug-likeness (QED) is 0.506. The molecule has 0 aliphatic rings. The van der Waals surface area contributed by atoms with Gasteiger partial charge in [-0.1, -0.05) is 15.9 Å². The summed E-state index contributed by atoms with van der Waals surface area (Å²) in [5.41, 5.74) is -2.70. The topological polar surface area (TPSA) is 129 Å². The molecule has 0 bridgehead atoms. The molecule has 0 atom stereocenters. The minimum Gasteiger partial charge on any atom is -0.506 e. The van der Waals surface area contributed by atoms with Gasteiger partial charge in [-0.05, 0) is 40.2 Å². The third-order valence-corrected chi connectivity index (χ3v) is 3.68. The molecule has 0 spiro atoms. The number of aromatic nitrogens is 2. The first-order valence-corrected chi connectivity index (χ1v) is 7.25. The van der Waals surface area contributed by atoms with Crippen molar-refractivity contribution in [2.24, 2.45) is 0 Å². The number of aromatic amines is 2. The van der Waals surface area contributed by atoms with Gasteiger partial charge in [0.15, 0.2) is 0 Å². The lowest BCUT2D eigenvalue weighted by Crippen LogP contribution is -2.25. The first-order valence-electron chi connectivity index (χ1n) is 5.66. The summed E-state index contributed by atoms with van der Waals surface area (Å²) in [6.45, 7) is 0. The number of nitrogens with one attached hydrogen (secondary N) is 2. The van der Waals surface area contributed by atoms with Gasteiger partial charge in [-0.15, -0.1) is 0 Å². The molecule has 0 fully saturated rings. The minimum absolute atomic E-state index is 0.0886. The zero-order valence-electron chi connectivity index (χ0n) is 10.6. The van der Waals surface area contributed by atoms with Crippen LogP contribution in [0.3, 0.4) is 0 Å². The van der Waals surface area contributed by atoms with Gasteiger partial charge >= 0.3 is 16.9 Å². The summed E-state index contributed by atoms with van der Waals surface area (Å²) in [4.78, 5) is 36.7. The molecule has 8 nitrogen and oxygen atoms in total. The molecule has 10 heteroatoms. The van der Waals surface area contributed by atoms with Gasteiger partial charge in [0.2, 0.25) is 0 Å². The molecule has 0 saturated heterocycles. The van der Waals surface area contributed by atoms with Crippen LogP contribution < -0.4 is 11.2 Å². The van der Waals surface area contributed by atoms with Crippen molar-refractivity contribution in [2.75, 3.05) is 0 Å². The van der Waals surface area contributed by atoms with Crippen molar-refractivity contribution in [3.05, 3.63) is 63.3 Å². The van der Waals surface area contributed by atoms with Gasteiger partial charge in [0, 0.05) is 10.0 Å². The van der Waals surface area contributed by atoms with Gasteiger partial charge in [-0.2, -0.15) is 0 Å². The van der Waals surface area contributed by atoms with Gasteiger partial charge in [-0.3, -0.25) is 19.9 Å². The second kappa shape index (κ2) is 6.28. The normalized spacial score (nSPS) is 11.0. The molecule has 0 amide bonds. The molecule has 1 aromatic heterocycles. The lowest BCUT2D eigenvalue weighted by molar-refractivity contribution is -0.386. The van der Waals surface area contributed by atoms with Crippen molar-refractivity contribution in [3.8, 4) is 5.75 Å². The number of halogens is 2. The number of H-pyrrole nitrogens is 2. The summed E-state index contributed by atoms with van der Waals surface area (Å²) in [6.07, 6.45) is 2.51. The molecule has 0 saturated carbocycles. The van der Waals surface area contributed by atoms with Crippen LogP contribution in [0.4, 0.5) is 5.69 Å².